The van der Waals surface area contributed by atoms with Crippen LogP contribution < -0.4 is 10.1 Å². The third-order valence-corrected chi connectivity index (χ3v) is 4.86. The molecule has 2 aromatic rings. The molecule has 1 saturated heterocycles. The van der Waals surface area contributed by atoms with Crippen LogP contribution in [0.25, 0.3) is 6.08 Å². The maximum absolute atomic E-state index is 12.2. The molecule has 0 saturated carbocycles. The second kappa shape index (κ2) is 7.03. The Kier molecular flexibility index (Phi) is 4.81. The van der Waals surface area contributed by atoms with Gasteiger partial charge in [-0.3, -0.25) is 4.79 Å². The second-order valence-electron chi connectivity index (χ2n) is 5.63. The van der Waals surface area contributed by atoms with Crippen molar-refractivity contribution in [3.05, 3.63) is 58.0 Å². The predicted molar refractivity (Wildman–Crippen MR) is 101 cm³/mol. The number of ether oxygens (including phenoxy) is 1. The van der Waals surface area contributed by atoms with E-state index in [2.05, 4.69) is 10.3 Å². The first-order valence-corrected chi connectivity index (χ1v) is 8.52. The van der Waals surface area contributed by atoms with Crippen LogP contribution in [0.5, 0.6) is 11.5 Å². The van der Waals surface area contributed by atoms with Gasteiger partial charge in [0, 0.05) is 0 Å². The Morgan fingerprint density at radius 3 is 2.80 bits per heavy atom. The number of aryl methyl sites for hydroxylation is 1. The number of phenols is 1. The number of nitrogens with one attached hydrogen (secondary N) is 1. The van der Waals surface area contributed by atoms with E-state index in [1.165, 1.54) is 24.9 Å². The highest BCUT2D eigenvalue weighted by atomic mass is 32.2. The van der Waals surface area contributed by atoms with Crippen LogP contribution in [0.15, 0.2) is 46.3 Å². The van der Waals surface area contributed by atoms with Crippen LogP contribution in [0, 0.1) is 13.8 Å². The van der Waals surface area contributed by atoms with Gasteiger partial charge < -0.3 is 15.2 Å². The van der Waals surface area contributed by atoms with Crippen molar-refractivity contribution in [2.45, 2.75) is 13.8 Å². The number of carbonyl (C=O) groups excluding carboxylic acids is 1. The lowest BCUT2D eigenvalue weighted by Gasteiger charge is -2.04. The third-order valence-electron chi connectivity index (χ3n) is 3.95. The SMILES string of the molecule is COc1cc(C=C2SC(=Nc3cccc(C)c3C)NC2=O)ccc1O. The summed E-state index contributed by atoms with van der Waals surface area (Å²) in [5.74, 6) is 0.230. The fourth-order valence-corrected chi connectivity index (χ4v) is 3.22. The maximum Gasteiger partial charge on any atom is 0.264 e. The fraction of sp³-hybridized carbons (Fsp3) is 0.158. The number of aromatic hydroxyl groups is 1. The summed E-state index contributed by atoms with van der Waals surface area (Å²) < 4.78 is 5.09. The number of nitrogens with zero attached hydrogens (tertiary/aromatic N) is 1. The lowest BCUT2D eigenvalue weighted by atomic mass is 10.1. The number of amidine groups is 1. The molecule has 1 fully saturated rings. The monoisotopic (exact) mass is 354 g/mol. The van der Waals surface area contributed by atoms with Crippen LogP contribution in [0.4, 0.5) is 5.69 Å². The highest BCUT2D eigenvalue weighted by Gasteiger charge is 2.24. The average molecular weight is 354 g/mol. The van der Waals surface area contributed by atoms with Crippen molar-refractivity contribution in [2.75, 3.05) is 7.11 Å². The summed E-state index contributed by atoms with van der Waals surface area (Å²) >= 11 is 1.29. The Labute approximate surface area is 150 Å². The van der Waals surface area contributed by atoms with Crippen molar-refractivity contribution in [3.63, 3.8) is 0 Å². The van der Waals surface area contributed by atoms with E-state index in [0.717, 1.165) is 22.4 Å². The Hall–Kier alpha value is -2.73. The van der Waals surface area contributed by atoms with E-state index in [1.54, 1.807) is 18.2 Å². The molecule has 0 unspecified atom stereocenters. The van der Waals surface area contributed by atoms with Gasteiger partial charge >= 0.3 is 0 Å². The zero-order valence-corrected chi connectivity index (χ0v) is 15.0. The van der Waals surface area contributed by atoms with Gasteiger partial charge in [-0.05, 0) is 66.6 Å². The maximum atomic E-state index is 12.2. The second-order valence-corrected chi connectivity index (χ2v) is 6.66. The molecule has 2 N–H and O–H groups in total. The number of phenolic OH excluding ortho intramolecular Hbond substituents is 1. The zero-order valence-electron chi connectivity index (χ0n) is 14.2. The average Bonchev–Trinajstić information content (AvgIpc) is 2.93. The lowest BCUT2D eigenvalue weighted by Crippen LogP contribution is -2.19. The van der Waals surface area contributed by atoms with Crippen molar-refractivity contribution in [3.8, 4) is 11.5 Å². The van der Waals surface area contributed by atoms with Crippen LogP contribution in [0.2, 0.25) is 0 Å². The van der Waals surface area contributed by atoms with Crippen LogP contribution in [-0.4, -0.2) is 23.3 Å². The minimum atomic E-state index is -0.193. The van der Waals surface area contributed by atoms with Crippen molar-refractivity contribution in [1.82, 2.24) is 5.32 Å². The van der Waals surface area contributed by atoms with E-state index >= 15 is 0 Å². The van der Waals surface area contributed by atoms with E-state index < -0.39 is 0 Å². The molecule has 0 radical (unpaired) electrons. The molecule has 0 aromatic heterocycles. The van der Waals surface area contributed by atoms with Crippen LogP contribution in [0.1, 0.15) is 16.7 Å². The minimum absolute atomic E-state index is 0.0605. The first-order chi connectivity index (χ1) is 12.0. The summed E-state index contributed by atoms with van der Waals surface area (Å²) in [5.41, 5.74) is 3.85. The van der Waals surface area contributed by atoms with E-state index in [-0.39, 0.29) is 11.7 Å². The zero-order chi connectivity index (χ0) is 18.0. The number of thioether (sulfide) groups is 1. The van der Waals surface area contributed by atoms with Gasteiger partial charge in [0.05, 0.1) is 17.7 Å². The largest absolute Gasteiger partial charge is 0.504 e. The van der Waals surface area contributed by atoms with Crippen LogP contribution in [0.3, 0.4) is 0 Å². The standard InChI is InChI=1S/C19H18N2O3S/c1-11-5-4-6-14(12(11)2)20-19-21-18(23)17(25-19)10-13-7-8-15(22)16(9-13)24-3/h4-10,22H,1-3H3,(H,20,21,23). The summed E-state index contributed by atoms with van der Waals surface area (Å²) in [6.07, 6.45) is 1.74. The lowest BCUT2D eigenvalue weighted by molar-refractivity contribution is -0.115. The molecule has 0 atom stereocenters. The first-order valence-electron chi connectivity index (χ1n) is 7.70. The molecular formula is C19H18N2O3S. The number of aliphatic imine (C=N–C) groups is 1. The Morgan fingerprint density at radius 2 is 2.04 bits per heavy atom. The first kappa shape index (κ1) is 17.1. The van der Waals surface area contributed by atoms with E-state index in [0.29, 0.717) is 15.8 Å². The molecule has 0 bridgehead atoms. The molecule has 0 spiro atoms. The number of carbonyl (C=O) groups is 1. The quantitative estimate of drug-likeness (QED) is 0.820. The number of hydrogen-bond acceptors (Lipinski definition) is 5. The van der Waals surface area contributed by atoms with Crippen LogP contribution >= 0.6 is 11.8 Å². The van der Waals surface area contributed by atoms with Crippen molar-refractivity contribution < 1.29 is 14.6 Å². The molecule has 1 aliphatic heterocycles. The van der Waals surface area contributed by atoms with E-state index in [9.17, 15) is 9.90 Å². The van der Waals surface area contributed by atoms with E-state index in [1.807, 2.05) is 32.0 Å². The molecule has 2 aromatic carbocycles. The summed E-state index contributed by atoms with van der Waals surface area (Å²) in [4.78, 5) is 17.3. The summed E-state index contributed by atoms with van der Waals surface area (Å²) in [6.45, 7) is 4.04. The molecule has 0 aliphatic carbocycles. The number of methoxy groups -OCH3 is 1. The molecule has 5 nitrogen and oxygen atoms in total. The van der Waals surface area contributed by atoms with Gasteiger partial charge in [0.2, 0.25) is 0 Å². The number of hydrogen-bond donors (Lipinski definition) is 2. The number of benzene rings is 2. The topological polar surface area (TPSA) is 70.9 Å². The molecular weight excluding hydrogens is 336 g/mol. The molecule has 1 heterocycles. The smallest absolute Gasteiger partial charge is 0.264 e. The van der Waals surface area contributed by atoms with Gasteiger partial charge in [-0.2, -0.15) is 0 Å². The molecule has 3 rings (SSSR count). The van der Waals surface area contributed by atoms with Gasteiger partial charge in [-0.1, -0.05) is 18.2 Å². The van der Waals surface area contributed by atoms with Crippen molar-refractivity contribution in [2.24, 2.45) is 4.99 Å². The Balaban J connectivity index is 1.87. The van der Waals surface area contributed by atoms with Gasteiger partial charge in [-0.15, -0.1) is 0 Å². The fourth-order valence-electron chi connectivity index (χ4n) is 2.38. The summed E-state index contributed by atoms with van der Waals surface area (Å²) in [6, 6.07) is 10.8. The highest BCUT2D eigenvalue weighted by molar-refractivity contribution is 8.18. The van der Waals surface area contributed by atoms with Gasteiger partial charge in [0.25, 0.3) is 5.91 Å². The molecule has 128 valence electrons. The van der Waals surface area contributed by atoms with E-state index in [4.69, 9.17) is 4.74 Å². The van der Waals surface area contributed by atoms with Gasteiger partial charge in [0.1, 0.15) is 0 Å². The Morgan fingerprint density at radius 1 is 1.24 bits per heavy atom. The number of rotatable bonds is 3. The molecule has 6 heteroatoms. The molecule has 1 amide bonds. The van der Waals surface area contributed by atoms with Crippen molar-refractivity contribution >= 4 is 34.6 Å². The van der Waals surface area contributed by atoms with Gasteiger partial charge in [-0.25, -0.2) is 4.99 Å². The predicted octanol–water partition coefficient (Wildman–Crippen LogP) is 3.91. The summed E-state index contributed by atoms with van der Waals surface area (Å²) in [7, 11) is 1.48. The van der Waals surface area contributed by atoms with Crippen molar-refractivity contribution in [1.29, 1.82) is 0 Å². The molecule has 25 heavy (non-hydrogen) atoms. The minimum Gasteiger partial charge on any atom is -0.504 e. The number of amides is 1. The summed E-state index contributed by atoms with van der Waals surface area (Å²) in [5, 5.41) is 13.0. The van der Waals surface area contributed by atoms with Gasteiger partial charge in [0.15, 0.2) is 16.7 Å². The highest BCUT2D eigenvalue weighted by Crippen LogP contribution is 2.32. The third kappa shape index (κ3) is 3.69. The normalized spacial score (nSPS) is 17.2. The Bertz CT molecular complexity index is 904. The molecule has 1 aliphatic rings. The van der Waals surface area contributed by atoms with Crippen LogP contribution in [-0.2, 0) is 4.79 Å².